The molecule has 1 aromatic heterocycles. The zero-order chi connectivity index (χ0) is 22.2. The topological polar surface area (TPSA) is 97.0 Å². The standard InChI is InChI=1S/C22H17F3N4O2/c1-2-30-15-9-5-13(6-10-15)19-18-17(12-3-7-14(8-4-12)22(23,24)25)16(11-26)20(27)31-21(18)29-28-19/h3-10,17H,2,27H2,1H3,(H,28,29). The maximum atomic E-state index is 13.0. The van der Waals surface area contributed by atoms with Gasteiger partial charge in [-0.05, 0) is 48.9 Å². The summed E-state index contributed by atoms with van der Waals surface area (Å²) in [4.78, 5) is 0. The van der Waals surface area contributed by atoms with Gasteiger partial charge in [-0.25, -0.2) is 0 Å². The van der Waals surface area contributed by atoms with Gasteiger partial charge in [0.2, 0.25) is 11.8 Å². The lowest BCUT2D eigenvalue weighted by Crippen LogP contribution is -2.21. The molecule has 0 aliphatic carbocycles. The molecule has 0 radical (unpaired) electrons. The number of nitrogens with one attached hydrogen (secondary N) is 1. The first-order valence-corrected chi connectivity index (χ1v) is 9.39. The normalized spacial score (nSPS) is 15.8. The zero-order valence-corrected chi connectivity index (χ0v) is 16.3. The van der Waals surface area contributed by atoms with Crippen LogP contribution in [-0.4, -0.2) is 16.8 Å². The predicted octanol–water partition coefficient (Wildman–Crippen LogP) is 4.71. The highest BCUT2D eigenvalue weighted by Gasteiger charge is 2.36. The molecular formula is C22H17F3N4O2. The number of nitrogens with two attached hydrogens (primary N) is 1. The minimum absolute atomic E-state index is 0.0980. The Bertz CT molecular complexity index is 1170. The molecule has 0 amide bonds. The minimum atomic E-state index is -4.46. The highest BCUT2D eigenvalue weighted by atomic mass is 19.4. The highest BCUT2D eigenvalue weighted by Crippen LogP contribution is 2.46. The third-order valence-corrected chi connectivity index (χ3v) is 4.96. The summed E-state index contributed by atoms with van der Waals surface area (Å²) in [5.41, 5.74) is 7.54. The van der Waals surface area contributed by atoms with Crippen molar-refractivity contribution >= 4 is 0 Å². The van der Waals surface area contributed by atoms with Crippen LogP contribution in [0.25, 0.3) is 11.3 Å². The van der Waals surface area contributed by atoms with Gasteiger partial charge in [-0.3, -0.25) is 5.10 Å². The van der Waals surface area contributed by atoms with Gasteiger partial charge in [-0.1, -0.05) is 12.1 Å². The van der Waals surface area contributed by atoms with Crippen molar-refractivity contribution in [2.45, 2.75) is 19.0 Å². The van der Waals surface area contributed by atoms with Crippen molar-refractivity contribution in [3.05, 3.63) is 76.7 Å². The Kier molecular flexibility index (Phi) is 5.07. The van der Waals surface area contributed by atoms with E-state index in [1.165, 1.54) is 12.1 Å². The molecule has 0 saturated carbocycles. The number of ether oxygens (including phenoxy) is 2. The molecule has 3 aromatic rings. The Balaban J connectivity index is 1.83. The van der Waals surface area contributed by atoms with E-state index in [2.05, 4.69) is 10.2 Å². The van der Waals surface area contributed by atoms with Crippen LogP contribution < -0.4 is 15.2 Å². The number of rotatable bonds is 4. The monoisotopic (exact) mass is 426 g/mol. The van der Waals surface area contributed by atoms with Crippen LogP contribution in [0.5, 0.6) is 11.6 Å². The van der Waals surface area contributed by atoms with Crippen molar-refractivity contribution in [1.29, 1.82) is 5.26 Å². The summed E-state index contributed by atoms with van der Waals surface area (Å²) in [5.74, 6) is -0.0108. The van der Waals surface area contributed by atoms with E-state index in [4.69, 9.17) is 15.2 Å². The van der Waals surface area contributed by atoms with Gasteiger partial charge in [0.15, 0.2) is 0 Å². The van der Waals surface area contributed by atoms with Gasteiger partial charge in [0.05, 0.1) is 29.3 Å². The molecule has 31 heavy (non-hydrogen) atoms. The molecule has 1 aliphatic heterocycles. The van der Waals surface area contributed by atoms with E-state index in [0.29, 0.717) is 29.2 Å². The molecule has 0 saturated heterocycles. The number of halogens is 3. The molecule has 2 heterocycles. The lowest BCUT2D eigenvalue weighted by molar-refractivity contribution is -0.137. The van der Waals surface area contributed by atoms with Crippen LogP contribution in [0.1, 0.15) is 29.5 Å². The van der Waals surface area contributed by atoms with Crippen LogP contribution in [0.2, 0.25) is 0 Å². The van der Waals surface area contributed by atoms with Gasteiger partial charge < -0.3 is 15.2 Å². The fraction of sp³-hybridized carbons (Fsp3) is 0.182. The molecule has 1 unspecified atom stereocenters. The lowest BCUT2D eigenvalue weighted by Gasteiger charge is -2.24. The first-order valence-electron chi connectivity index (χ1n) is 9.39. The number of aromatic nitrogens is 2. The number of nitrogens with zero attached hydrogens (tertiary/aromatic N) is 2. The smallest absolute Gasteiger partial charge is 0.416 e. The van der Waals surface area contributed by atoms with E-state index in [0.717, 1.165) is 17.7 Å². The maximum absolute atomic E-state index is 13.0. The van der Waals surface area contributed by atoms with Crippen molar-refractivity contribution in [2.24, 2.45) is 5.73 Å². The first kappa shape index (κ1) is 20.3. The number of H-pyrrole nitrogens is 1. The third-order valence-electron chi connectivity index (χ3n) is 4.96. The van der Waals surface area contributed by atoms with Crippen LogP contribution in [-0.2, 0) is 6.18 Å². The van der Waals surface area contributed by atoms with Gasteiger partial charge in [0.25, 0.3) is 0 Å². The first-order chi connectivity index (χ1) is 14.8. The average Bonchev–Trinajstić information content (AvgIpc) is 3.16. The number of hydrogen-bond acceptors (Lipinski definition) is 5. The van der Waals surface area contributed by atoms with Crippen LogP contribution in [0.4, 0.5) is 13.2 Å². The van der Waals surface area contributed by atoms with E-state index in [1.807, 2.05) is 25.1 Å². The molecule has 1 aliphatic rings. The SMILES string of the molecule is CCOc1ccc(-c2[nH]nc3c2C(c2ccc(C(F)(F)F)cc2)C(C#N)=C(N)O3)cc1. The van der Waals surface area contributed by atoms with Crippen LogP contribution in [0.15, 0.2) is 60.0 Å². The van der Waals surface area contributed by atoms with E-state index in [-0.39, 0.29) is 17.3 Å². The molecule has 6 nitrogen and oxygen atoms in total. The molecule has 0 bridgehead atoms. The number of nitriles is 1. The largest absolute Gasteiger partial charge is 0.494 e. The highest BCUT2D eigenvalue weighted by molar-refractivity contribution is 5.71. The predicted molar refractivity (Wildman–Crippen MR) is 106 cm³/mol. The summed E-state index contributed by atoms with van der Waals surface area (Å²) < 4.78 is 50.0. The van der Waals surface area contributed by atoms with E-state index >= 15 is 0 Å². The Morgan fingerprint density at radius 2 is 1.84 bits per heavy atom. The van der Waals surface area contributed by atoms with E-state index in [9.17, 15) is 18.4 Å². The fourth-order valence-electron chi connectivity index (χ4n) is 3.55. The second-order valence-electron chi connectivity index (χ2n) is 6.82. The minimum Gasteiger partial charge on any atom is -0.494 e. The summed E-state index contributed by atoms with van der Waals surface area (Å²) in [6.07, 6.45) is -4.46. The number of hydrogen-bond donors (Lipinski definition) is 2. The summed E-state index contributed by atoms with van der Waals surface area (Å²) in [6.45, 7) is 2.41. The summed E-state index contributed by atoms with van der Waals surface area (Å²) in [6, 6.07) is 13.9. The van der Waals surface area contributed by atoms with Gasteiger partial charge in [0.1, 0.15) is 17.4 Å². The van der Waals surface area contributed by atoms with Crippen LogP contribution in [0, 0.1) is 11.3 Å². The van der Waals surface area contributed by atoms with Crippen molar-refractivity contribution in [2.75, 3.05) is 6.61 Å². The molecule has 3 N–H and O–H groups in total. The van der Waals surface area contributed by atoms with Gasteiger partial charge in [-0.2, -0.15) is 18.4 Å². The molecule has 2 aromatic carbocycles. The van der Waals surface area contributed by atoms with Gasteiger partial charge in [-0.15, -0.1) is 5.10 Å². The van der Waals surface area contributed by atoms with Crippen molar-refractivity contribution in [3.63, 3.8) is 0 Å². The molecular weight excluding hydrogens is 409 g/mol. The number of alkyl halides is 3. The molecule has 9 heteroatoms. The van der Waals surface area contributed by atoms with Crippen molar-refractivity contribution in [1.82, 2.24) is 10.2 Å². The maximum Gasteiger partial charge on any atom is 0.416 e. The Morgan fingerprint density at radius 1 is 1.16 bits per heavy atom. The van der Waals surface area contributed by atoms with E-state index in [1.54, 1.807) is 12.1 Å². The van der Waals surface area contributed by atoms with Crippen molar-refractivity contribution < 1.29 is 22.6 Å². The number of fused-ring (bicyclic) bond motifs is 1. The molecule has 0 spiro atoms. The molecule has 158 valence electrons. The average molecular weight is 426 g/mol. The summed E-state index contributed by atoms with van der Waals surface area (Å²) >= 11 is 0. The van der Waals surface area contributed by atoms with Crippen LogP contribution >= 0.6 is 0 Å². The number of allylic oxidation sites excluding steroid dienone is 1. The second-order valence-corrected chi connectivity index (χ2v) is 6.82. The van der Waals surface area contributed by atoms with Gasteiger partial charge in [0, 0.05) is 5.56 Å². The van der Waals surface area contributed by atoms with Crippen molar-refractivity contribution in [3.8, 4) is 29.0 Å². The quantitative estimate of drug-likeness (QED) is 0.630. The van der Waals surface area contributed by atoms with E-state index < -0.39 is 17.7 Å². The Morgan fingerprint density at radius 3 is 2.42 bits per heavy atom. The Labute approximate surface area is 175 Å². The summed E-state index contributed by atoms with van der Waals surface area (Å²) in [5, 5.41) is 16.8. The zero-order valence-electron chi connectivity index (χ0n) is 16.3. The van der Waals surface area contributed by atoms with Gasteiger partial charge >= 0.3 is 6.18 Å². The summed E-state index contributed by atoms with van der Waals surface area (Å²) in [7, 11) is 0. The fourth-order valence-corrected chi connectivity index (χ4v) is 3.55. The molecule has 1 atom stereocenters. The Hall–Kier alpha value is -3.93. The number of benzene rings is 2. The van der Waals surface area contributed by atoms with Crippen LogP contribution in [0.3, 0.4) is 0 Å². The lowest BCUT2D eigenvalue weighted by atomic mass is 9.83. The number of aromatic amines is 1. The molecule has 0 fully saturated rings. The second kappa shape index (κ2) is 7.72. The molecule has 4 rings (SSSR count). The third kappa shape index (κ3) is 3.68.